The highest BCUT2D eigenvalue weighted by Gasteiger charge is 2.32. The fourth-order valence-corrected chi connectivity index (χ4v) is 11.4. The van der Waals surface area contributed by atoms with Crippen LogP contribution in [0.1, 0.15) is 84.6 Å². The van der Waals surface area contributed by atoms with Crippen LogP contribution in [0.15, 0.2) is 219 Å². The number of rotatable bonds is 9. The fourth-order valence-electron chi connectivity index (χ4n) is 11.4. The second kappa shape index (κ2) is 19.4. The van der Waals surface area contributed by atoms with Crippen molar-refractivity contribution in [3.05, 3.63) is 241 Å². The number of nitrogens with zero attached hydrogens (tertiary/aromatic N) is 4. The highest BCUT2D eigenvalue weighted by molar-refractivity contribution is 6.16. The smallest absolute Gasteiger partial charge is 0.137 e. The minimum Gasteiger partial charge on any atom is -0.457 e. The highest BCUT2D eigenvalue weighted by atomic mass is 16.5. The maximum Gasteiger partial charge on any atom is 0.137 e. The summed E-state index contributed by atoms with van der Waals surface area (Å²) in [6.07, 6.45) is 2.04. The van der Waals surface area contributed by atoms with Crippen LogP contribution in [0.5, 0.6) is 11.5 Å². The molecule has 5 nitrogen and oxygen atoms in total. The molecule has 0 saturated carbocycles. The van der Waals surface area contributed by atoms with E-state index in [4.69, 9.17) is 9.72 Å². The molecule has 78 heavy (non-hydrogen) atoms. The van der Waals surface area contributed by atoms with Crippen molar-refractivity contribution in [3.63, 3.8) is 0 Å². The first kappa shape index (κ1) is 50.2. The van der Waals surface area contributed by atoms with Gasteiger partial charge in [0.15, 0.2) is 0 Å². The van der Waals surface area contributed by atoms with E-state index in [0.29, 0.717) is 6.67 Å². The molecule has 0 N–H and O–H groups in total. The van der Waals surface area contributed by atoms with Gasteiger partial charge in [0.1, 0.15) is 24.0 Å². The highest BCUT2D eigenvalue weighted by Crippen LogP contribution is 2.51. The quantitative estimate of drug-likeness (QED) is 0.144. The van der Waals surface area contributed by atoms with Crippen LogP contribution in [0.2, 0.25) is 0 Å². The maximum atomic E-state index is 7.16. The summed E-state index contributed by atoms with van der Waals surface area (Å²) < 4.78 is 9.48. The SMILES string of the molecule is Cc1cc(-n2c3ccccc3c3c(-c4ccc(C(C)(C)C)cc4)cc(Oc4cccc(N5CN(c6c(-c7ccccc7)cccc6-c6ccc(C(C)(C)C)cc6)c6ccccc65)c4)cc32)ncc1-c1ccc(C(C)(C)C)cc1. The molecule has 0 saturated heterocycles. The molecule has 0 fully saturated rings. The molecule has 0 unspecified atom stereocenters. The van der Waals surface area contributed by atoms with Gasteiger partial charge in [-0.1, -0.05) is 220 Å². The number of aromatic nitrogens is 2. The second-order valence-electron chi connectivity index (χ2n) is 24.2. The fraction of sp³-hybridized carbons (Fsp3) is 0.192. The first-order valence-electron chi connectivity index (χ1n) is 27.5. The van der Waals surface area contributed by atoms with Crippen LogP contribution in [0.3, 0.4) is 0 Å². The summed E-state index contributed by atoms with van der Waals surface area (Å²) in [5.74, 6) is 2.35. The topological polar surface area (TPSA) is 33.5 Å². The van der Waals surface area contributed by atoms with Crippen LogP contribution in [0, 0.1) is 6.92 Å². The zero-order chi connectivity index (χ0) is 54.1. The van der Waals surface area contributed by atoms with E-state index in [1.54, 1.807) is 0 Å². The van der Waals surface area contributed by atoms with Gasteiger partial charge in [0.05, 0.1) is 28.1 Å². The lowest BCUT2D eigenvalue weighted by atomic mass is 9.86. The van der Waals surface area contributed by atoms with Crippen molar-refractivity contribution in [2.75, 3.05) is 16.5 Å². The van der Waals surface area contributed by atoms with Crippen molar-refractivity contribution >= 4 is 44.6 Å². The molecule has 0 bridgehead atoms. The van der Waals surface area contributed by atoms with Crippen molar-refractivity contribution in [2.24, 2.45) is 0 Å². The third-order valence-electron chi connectivity index (χ3n) is 15.8. The van der Waals surface area contributed by atoms with E-state index >= 15 is 0 Å². The predicted molar refractivity (Wildman–Crippen MR) is 330 cm³/mol. The van der Waals surface area contributed by atoms with Crippen molar-refractivity contribution < 1.29 is 4.74 Å². The Hall–Kier alpha value is -8.67. The zero-order valence-electron chi connectivity index (χ0n) is 46.7. The summed E-state index contributed by atoms with van der Waals surface area (Å²) >= 11 is 0. The number of hydrogen-bond acceptors (Lipinski definition) is 4. The molecule has 0 aliphatic carbocycles. The average Bonchev–Trinajstić information content (AvgIpc) is 4.22. The van der Waals surface area contributed by atoms with Gasteiger partial charge < -0.3 is 14.5 Å². The van der Waals surface area contributed by atoms with E-state index < -0.39 is 0 Å². The van der Waals surface area contributed by atoms with Crippen molar-refractivity contribution in [3.8, 4) is 61.8 Å². The lowest BCUT2D eigenvalue weighted by Gasteiger charge is -2.27. The van der Waals surface area contributed by atoms with Crippen LogP contribution in [0.4, 0.5) is 22.7 Å². The molecule has 0 amide bonds. The van der Waals surface area contributed by atoms with Crippen LogP contribution in [0.25, 0.3) is 72.1 Å². The Bertz CT molecular complexity index is 4020. The second-order valence-corrected chi connectivity index (χ2v) is 24.2. The molecule has 1 aliphatic heterocycles. The first-order valence-corrected chi connectivity index (χ1v) is 27.5. The van der Waals surface area contributed by atoms with Crippen LogP contribution >= 0.6 is 0 Å². The third-order valence-corrected chi connectivity index (χ3v) is 15.8. The molecule has 1 aliphatic rings. The molecule has 9 aromatic carbocycles. The minimum absolute atomic E-state index is 0.0169. The Kier molecular flexibility index (Phi) is 12.5. The number of anilines is 4. The molecular formula is C73H68N4O. The number of aryl methyl sites for hydroxylation is 1. The van der Waals surface area contributed by atoms with E-state index in [1.807, 2.05) is 6.20 Å². The van der Waals surface area contributed by atoms with Crippen molar-refractivity contribution in [1.29, 1.82) is 0 Å². The van der Waals surface area contributed by atoms with Gasteiger partial charge in [-0.05, 0) is 116 Å². The van der Waals surface area contributed by atoms with Gasteiger partial charge in [0.25, 0.3) is 0 Å². The number of hydrogen-bond donors (Lipinski definition) is 0. The zero-order valence-corrected chi connectivity index (χ0v) is 46.7. The summed E-state index contributed by atoms with van der Waals surface area (Å²) in [5.41, 5.74) is 21.1. The standard InChI is InChI=1S/C73H68N4O/c1-48-42-68(74-46-63(48)52-34-40-55(41-35-52)73(8,9)10)77-64-27-15-14-24-61(64)69-62(51-32-38-54(39-33-51)72(5,6)7)44-58(45-67(69)77)78-57-23-18-22-56(43-57)75-47-76(66-29-17-16-28-65(66)75)70-59(49-20-12-11-13-21-49)25-19-26-60(70)50-30-36-53(37-31-50)71(2,3)4/h11-46H,47H2,1-10H3. The Morgan fingerprint density at radius 1 is 0.410 bits per heavy atom. The minimum atomic E-state index is 0.0169. The van der Waals surface area contributed by atoms with E-state index in [0.717, 1.165) is 84.0 Å². The Balaban J connectivity index is 0.959. The van der Waals surface area contributed by atoms with Gasteiger partial charge in [-0.25, -0.2) is 4.98 Å². The van der Waals surface area contributed by atoms with Crippen molar-refractivity contribution in [2.45, 2.75) is 85.5 Å². The predicted octanol–water partition coefficient (Wildman–Crippen LogP) is 20.1. The molecule has 2 aromatic heterocycles. The Labute approximate surface area is 461 Å². The summed E-state index contributed by atoms with van der Waals surface area (Å²) in [7, 11) is 0. The van der Waals surface area contributed by atoms with Gasteiger partial charge in [-0.2, -0.15) is 0 Å². The van der Waals surface area contributed by atoms with Gasteiger partial charge in [0.2, 0.25) is 0 Å². The van der Waals surface area contributed by atoms with Crippen LogP contribution in [-0.4, -0.2) is 16.2 Å². The number of benzene rings is 9. The normalized spacial score (nSPS) is 12.9. The molecule has 12 rings (SSSR count). The molecule has 5 heteroatoms. The van der Waals surface area contributed by atoms with Crippen LogP contribution < -0.4 is 14.5 Å². The van der Waals surface area contributed by atoms with E-state index in [-0.39, 0.29) is 16.2 Å². The molecule has 0 atom stereocenters. The average molecular weight is 1020 g/mol. The Morgan fingerprint density at radius 2 is 0.923 bits per heavy atom. The van der Waals surface area contributed by atoms with Gasteiger partial charge in [-0.3, -0.25) is 4.57 Å². The van der Waals surface area contributed by atoms with Crippen LogP contribution in [-0.2, 0) is 16.2 Å². The first-order chi connectivity index (χ1) is 37.5. The van der Waals surface area contributed by atoms with E-state index in [9.17, 15) is 0 Å². The molecule has 386 valence electrons. The molecule has 0 radical (unpaired) electrons. The summed E-state index contributed by atoms with van der Waals surface area (Å²) in [4.78, 5) is 10.2. The lowest BCUT2D eigenvalue weighted by molar-refractivity contribution is 0.483. The van der Waals surface area contributed by atoms with Gasteiger partial charge in [0, 0.05) is 51.5 Å². The molecule has 0 spiro atoms. The Morgan fingerprint density at radius 3 is 1.51 bits per heavy atom. The number of para-hydroxylation sites is 4. The molecule has 3 heterocycles. The van der Waals surface area contributed by atoms with Gasteiger partial charge in [-0.15, -0.1) is 0 Å². The number of pyridine rings is 1. The number of ether oxygens (including phenoxy) is 1. The lowest BCUT2D eigenvalue weighted by Crippen LogP contribution is -2.25. The van der Waals surface area contributed by atoms with Gasteiger partial charge >= 0.3 is 0 Å². The molecule has 11 aromatic rings. The third kappa shape index (κ3) is 9.31. The maximum absolute atomic E-state index is 7.16. The van der Waals surface area contributed by atoms with E-state index in [2.05, 4.69) is 296 Å². The summed E-state index contributed by atoms with van der Waals surface area (Å²) in [6, 6.07) is 77.4. The summed E-state index contributed by atoms with van der Waals surface area (Å²) in [6.45, 7) is 23.2. The number of fused-ring (bicyclic) bond motifs is 4. The monoisotopic (exact) mass is 1020 g/mol. The van der Waals surface area contributed by atoms with Crippen molar-refractivity contribution in [1.82, 2.24) is 9.55 Å². The molecular weight excluding hydrogens is 949 g/mol. The largest absolute Gasteiger partial charge is 0.457 e. The van der Waals surface area contributed by atoms with E-state index in [1.165, 1.54) is 44.6 Å². The summed E-state index contributed by atoms with van der Waals surface area (Å²) in [5, 5.41) is 2.32.